The highest BCUT2D eigenvalue weighted by Gasteiger charge is 2.51. The lowest BCUT2D eigenvalue weighted by molar-refractivity contribution is -0.117. The van der Waals surface area contributed by atoms with Gasteiger partial charge in [-0.05, 0) is 40.9 Å². The third kappa shape index (κ3) is 2.40. The summed E-state index contributed by atoms with van der Waals surface area (Å²) in [5.74, 6) is 0.192. The summed E-state index contributed by atoms with van der Waals surface area (Å²) in [6.07, 6.45) is 3.83. The Kier molecular flexibility index (Phi) is 3.56. The molecule has 3 N–H and O–H groups in total. The topological polar surface area (TPSA) is 77.2 Å². The van der Waals surface area contributed by atoms with Crippen LogP contribution in [0.5, 0.6) is 0 Å². The highest BCUT2D eigenvalue weighted by molar-refractivity contribution is 9.10. The largest absolute Gasteiger partial charge is 0.376 e. The lowest BCUT2D eigenvalue weighted by atomic mass is 9.68. The van der Waals surface area contributed by atoms with Gasteiger partial charge in [0.2, 0.25) is 0 Å². The summed E-state index contributed by atoms with van der Waals surface area (Å²) in [5, 5.41) is 2.93. The zero-order valence-electron chi connectivity index (χ0n) is 10.4. The van der Waals surface area contributed by atoms with Crippen molar-refractivity contribution in [2.75, 3.05) is 6.61 Å². The molecular formula is C13H16BrN3O2. The number of nitrogens with two attached hydrogens (primary N) is 1. The number of carbonyl (C=O) groups excluding carboxylic acids is 1. The van der Waals surface area contributed by atoms with Gasteiger partial charge in [-0.2, -0.15) is 0 Å². The van der Waals surface area contributed by atoms with Gasteiger partial charge in [0, 0.05) is 29.2 Å². The molecule has 0 spiro atoms. The number of halogens is 1. The van der Waals surface area contributed by atoms with Gasteiger partial charge < -0.3 is 15.8 Å². The summed E-state index contributed by atoms with van der Waals surface area (Å²) in [4.78, 5) is 16.2. The first-order valence-electron chi connectivity index (χ1n) is 6.46. The molecule has 1 saturated heterocycles. The molecule has 2 fully saturated rings. The van der Waals surface area contributed by atoms with Gasteiger partial charge in [-0.1, -0.05) is 0 Å². The van der Waals surface area contributed by atoms with Gasteiger partial charge in [0.05, 0.1) is 12.1 Å². The van der Waals surface area contributed by atoms with Crippen molar-refractivity contribution < 1.29 is 9.53 Å². The Morgan fingerprint density at radius 2 is 2.37 bits per heavy atom. The van der Waals surface area contributed by atoms with Gasteiger partial charge in [0.25, 0.3) is 5.91 Å². The average molecular weight is 326 g/mol. The predicted octanol–water partition coefficient (Wildman–Crippen LogP) is 1.08. The minimum Gasteiger partial charge on any atom is -0.376 e. The molecule has 1 aliphatic carbocycles. The van der Waals surface area contributed by atoms with Crippen LogP contribution in [0.4, 0.5) is 0 Å². The Hall–Kier alpha value is -0.980. The Labute approximate surface area is 120 Å². The summed E-state index contributed by atoms with van der Waals surface area (Å²) in [6.45, 7) is 0.761. The van der Waals surface area contributed by atoms with Crippen molar-refractivity contribution >= 4 is 21.8 Å². The number of hydrogen-bond acceptors (Lipinski definition) is 4. The maximum atomic E-state index is 12.1. The van der Waals surface area contributed by atoms with Crippen LogP contribution in [-0.4, -0.2) is 35.7 Å². The molecule has 2 heterocycles. The Bertz CT molecular complexity index is 479. The number of fused-ring (bicyclic) bond motifs is 1. The molecule has 0 radical (unpaired) electrons. The zero-order valence-corrected chi connectivity index (χ0v) is 12.0. The van der Waals surface area contributed by atoms with E-state index in [4.69, 9.17) is 10.5 Å². The molecule has 4 atom stereocenters. The first-order chi connectivity index (χ1) is 9.16. The lowest BCUT2D eigenvalue weighted by Gasteiger charge is -2.52. The third-order valence-corrected chi connectivity index (χ3v) is 4.40. The fourth-order valence-electron chi connectivity index (χ4n) is 2.86. The summed E-state index contributed by atoms with van der Waals surface area (Å²) in [5.41, 5.74) is 6.50. The van der Waals surface area contributed by atoms with Gasteiger partial charge in [0.1, 0.15) is 5.69 Å². The Morgan fingerprint density at radius 3 is 3.11 bits per heavy atom. The minimum absolute atomic E-state index is 0.00954. The Morgan fingerprint density at radius 1 is 1.53 bits per heavy atom. The van der Waals surface area contributed by atoms with E-state index in [1.54, 1.807) is 18.3 Å². The van der Waals surface area contributed by atoms with Crippen LogP contribution in [0.2, 0.25) is 0 Å². The molecule has 6 heteroatoms. The minimum atomic E-state index is -0.194. The second kappa shape index (κ2) is 5.19. The molecule has 1 amide bonds. The quantitative estimate of drug-likeness (QED) is 0.853. The fourth-order valence-corrected chi connectivity index (χ4v) is 3.10. The van der Waals surface area contributed by atoms with Crippen LogP contribution in [0.25, 0.3) is 0 Å². The first-order valence-corrected chi connectivity index (χ1v) is 7.26. The Balaban J connectivity index is 1.65. The summed E-state index contributed by atoms with van der Waals surface area (Å²) in [7, 11) is 0. The van der Waals surface area contributed by atoms with E-state index in [9.17, 15) is 4.79 Å². The first kappa shape index (κ1) is 13.0. The molecule has 19 heavy (non-hydrogen) atoms. The van der Waals surface area contributed by atoms with E-state index in [2.05, 4.69) is 26.2 Å². The van der Waals surface area contributed by atoms with Crippen LogP contribution in [0.1, 0.15) is 23.3 Å². The second-order valence-electron chi connectivity index (χ2n) is 5.08. The van der Waals surface area contributed by atoms with Crippen LogP contribution in [-0.2, 0) is 4.74 Å². The van der Waals surface area contributed by atoms with E-state index in [-0.39, 0.29) is 24.1 Å². The highest BCUT2D eigenvalue weighted by atomic mass is 79.9. The summed E-state index contributed by atoms with van der Waals surface area (Å²) >= 11 is 3.29. The van der Waals surface area contributed by atoms with E-state index in [0.717, 1.165) is 23.9 Å². The lowest BCUT2D eigenvalue weighted by Crippen LogP contribution is -2.72. The molecule has 0 aromatic carbocycles. The van der Waals surface area contributed by atoms with Crippen molar-refractivity contribution in [1.82, 2.24) is 10.3 Å². The van der Waals surface area contributed by atoms with Crippen molar-refractivity contribution in [3.63, 3.8) is 0 Å². The van der Waals surface area contributed by atoms with Gasteiger partial charge >= 0.3 is 0 Å². The highest BCUT2D eigenvalue weighted by Crippen LogP contribution is 2.37. The van der Waals surface area contributed by atoms with Crippen LogP contribution in [0, 0.1) is 5.92 Å². The maximum Gasteiger partial charge on any atom is 0.270 e. The zero-order chi connectivity index (χ0) is 13.4. The predicted molar refractivity (Wildman–Crippen MR) is 73.6 cm³/mol. The van der Waals surface area contributed by atoms with E-state index < -0.39 is 0 Å². The third-order valence-electron chi connectivity index (χ3n) is 3.93. The number of pyridine rings is 1. The number of aromatic nitrogens is 1. The van der Waals surface area contributed by atoms with E-state index in [1.807, 2.05) is 0 Å². The van der Waals surface area contributed by atoms with Gasteiger partial charge in [-0.3, -0.25) is 4.79 Å². The van der Waals surface area contributed by atoms with Crippen LogP contribution >= 0.6 is 15.9 Å². The number of nitrogens with zero attached hydrogens (tertiary/aromatic N) is 1. The van der Waals surface area contributed by atoms with Crippen LogP contribution in [0.3, 0.4) is 0 Å². The number of nitrogens with one attached hydrogen (secondary N) is 1. The molecule has 3 rings (SSSR count). The van der Waals surface area contributed by atoms with Crippen molar-refractivity contribution in [3.8, 4) is 0 Å². The molecule has 1 aromatic heterocycles. The molecule has 102 valence electrons. The summed E-state index contributed by atoms with van der Waals surface area (Å²) in [6, 6.07) is 3.37. The number of carbonyl (C=O) groups is 1. The molecule has 5 nitrogen and oxygen atoms in total. The van der Waals surface area contributed by atoms with E-state index >= 15 is 0 Å². The molecule has 1 aromatic rings. The molecule has 0 bridgehead atoms. The van der Waals surface area contributed by atoms with Gasteiger partial charge in [-0.15, -0.1) is 0 Å². The average Bonchev–Trinajstić information content (AvgIpc) is 2.45. The normalized spacial score (nSPS) is 33.2. The van der Waals surface area contributed by atoms with Gasteiger partial charge in [-0.25, -0.2) is 4.98 Å². The number of hydrogen-bond donors (Lipinski definition) is 2. The molecule has 1 saturated carbocycles. The van der Waals surface area contributed by atoms with Crippen molar-refractivity contribution in [3.05, 3.63) is 28.5 Å². The smallest absolute Gasteiger partial charge is 0.270 e. The molecular weight excluding hydrogens is 310 g/mol. The van der Waals surface area contributed by atoms with Crippen LogP contribution < -0.4 is 11.1 Å². The standard InChI is InChI=1S/C13H16BrN3O2/c14-7-3-4-9(16-6-7)13(18)17-11-10(15)8-2-1-5-19-12(8)11/h3-4,6,8,10-12H,1-2,5,15H2,(H,17,18). The molecule has 2 aliphatic rings. The second-order valence-corrected chi connectivity index (χ2v) is 6.00. The number of amides is 1. The SMILES string of the molecule is NC1C2CCCOC2C1NC(=O)c1ccc(Br)cn1. The van der Waals surface area contributed by atoms with Crippen molar-refractivity contribution in [2.45, 2.75) is 31.0 Å². The maximum absolute atomic E-state index is 12.1. The molecule has 4 unspecified atom stereocenters. The monoisotopic (exact) mass is 325 g/mol. The number of ether oxygens (including phenoxy) is 1. The van der Waals surface area contributed by atoms with Crippen LogP contribution in [0.15, 0.2) is 22.8 Å². The van der Waals surface area contributed by atoms with Gasteiger partial charge in [0.15, 0.2) is 0 Å². The number of rotatable bonds is 2. The van der Waals surface area contributed by atoms with Crippen molar-refractivity contribution in [2.24, 2.45) is 11.7 Å². The summed E-state index contributed by atoms with van der Waals surface area (Å²) < 4.78 is 6.54. The fraction of sp³-hybridized carbons (Fsp3) is 0.538. The van der Waals surface area contributed by atoms with Crippen molar-refractivity contribution in [1.29, 1.82) is 0 Å². The van der Waals surface area contributed by atoms with E-state index in [1.165, 1.54) is 0 Å². The van der Waals surface area contributed by atoms with E-state index in [0.29, 0.717) is 11.6 Å². The molecule has 1 aliphatic heterocycles.